The standard InChI is InChI=1S/C16H40Si4.Al/c1-17(2,3)15(18(4,5)6)13-14-16(19(7,8)9)20(10,11)12;/h13-14H2,1-12H3;/q;-1. The van der Waals surface area contributed by atoms with Gasteiger partial charge in [0.15, 0.2) is 0 Å². The third-order valence-electron chi connectivity index (χ3n) is 6.76. The molecule has 0 aromatic carbocycles. The van der Waals surface area contributed by atoms with Crippen LogP contribution in [0.1, 0.15) is 12.8 Å². The molecule has 0 spiro atoms. The maximum Gasteiger partial charge on any atom is 0.00208 e. The van der Waals surface area contributed by atoms with Gasteiger partial charge >= 0.3 is 0 Å². The summed E-state index contributed by atoms with van der Waals surface area (Å²) in [7, 11) is -4.45. The van der Waals surface area contributed by atoms with Gasteiger partial charge < -0.3 is 0 Å². The second-order valence-corrected chi connectivity index (χ2v) is 38.7. The van der Waals surface area contributed by atoms with Crippen molar-refractivity contribution in [1.29, 1.82) is 0 Å². The van der Waals surface area contributed by atoms with Crippen LogP contribution in [0.5, 0.6) is 0 Å². The van der Waals surface area contributed by atoms with Gasteiger partial charge in [0.25, 0.3) is 0 Å². The van der Waals surface area contributed by atoms with Crippen molar-refractivity contribution >= 4 is 47.5 Å². The Hall–Kier alpha value is 1.40. The Kier molecular flexibility index (Phi) is 5.31. The fraction of sp³-hybridized carbons (Fsp3) is 1.00. The number of hydrogen-bond acceptors (Lipinski definition) is 0. The first-order valence-corrected chi connectivity index (χ1v) is 23.9. The van der Waals surface area contributed by atoms with Crippen molar-refractivity contribution in [2.75, 3.05) is 0 Å². The van der Waals surface area contributed by atoms with Crippen LogP contribution in [0.2, 0.25) is 85.6 Å². The summed E-state index contributed by atoms with van der Waals surface area (Å²) in [6.07, 6.45) is 3.20. The van der Waals surface area contributed by atoms with E-state index < -0.39 is 32.3 Å². The zero-order chi connectivity index (χ0) is 17.1. The zero-order valence-corrected chi connectivity index (χ0v) is 22.1. The molecule has 0 aromatic heterocycles. The van der Waals surface area contributed by atoms with Gasteiger partial charge in [-0.1, -0.05) is 91.4 Å². The first-order chi connectivity index (χ1) is 8.91. The van der Waals surface area contributed by atoms with Crippen LogP contribution in [0.15, 0.2) is 0 Å². The smallest absolute Gasteiger partial charge is 0.00208 e. The summed E-state index contributed by atoms with van der Waals surface area (Å²) in [5.74, 6) is 0. The zero-order valence-electron chi connectivity index (χ0n) is 17.0. The predicted octanol–water partition coefficient (Wildman–Crippen LogP) is 6.31. The molecule has 0 amide bonds. The van der Waals surface area contributed by atoms with Crippen molar-refractivity contribution in [1.82, 2.24) is 0 Å². The lowest BCUT2D eigenvalue weighted by Crippen LogP contribution is -2.62. The molecular formula is C16H40AlSi4-. The van der Waals surface area contributed by atoms with Crippen molar-refractivity contribution in [2.24, 2.45) is 0 Å². The summed E-state index contributed by atoms with van der Waals surface area (Å²) in [5.41, 5.74) is 0. The van der Waals surface area contributed by atoms with Crippen molar-refractivity contribution < 1.29 is 0 Å². The Morgan fingerprint density at radius 2 is 0.667 bits per heavy atom. The molecule has 21 heavy (non-hydrogen) atoms. The molecule has 1 fully saturated rings. The van der Waals surface area contributed by atoms with E-state index in [1.54, 1.807) is 12.8 Å². The van der Waals surface area contributed by atoms with Crippen molar-refractivity contribution in [3.05, 3.63) is 0 Å². The molecule has 1 aliphatic rings. The van der Waals surface area contributed by atoms with E-state index in [1.807, 2.05) is 0 Å². The predicted molar refractivity (Wildman–Crippen MR) is 114 cm³/mol. The molecule has 1 heterocycles. The molecule has 0 nitrogen and oxygen atoms in total. The highest BCUT2D eigenvalue weighted by molar-refractivity contribution is 7.16. The Morgan fingerprint density at radius 3 is 0.762 bits per heavy atom. The summed E-state index contributed by atoms with van der Waals surface area (Å²) < 4.78 is 1.70. The lowest BCUT2D eigenvalue weighted by molar-refractivity contribution is 0.763. The maximum absolute atomic E-state index is 2.70. The van der Waals surface area contributed by atoms with Crippen LogP contribution in [0.3, 0.4) is 0 Å². The van der Waals surface area contributed by atoms with Gasteiger partial charge in [-0.15, -0.1) is 0 Å². The first kappa shape index (κ1) is 20.4. The van der Waals surface area contributed by atoms with E-state index in [4.69, 9.17) is 0 Å². The number of rotatable bonds is 4. The molecule has 5 heteroatoms. The Bertz CT molecular complexity index is 324. The lowest BCUT2D eigenvalue weighted by Gasteiger charge is -2.67. The molecular weight excluding hydrogens is 332 g/mol. The summed E-state index contributed by atoms with van der Waals surface area (Å²) in [5, 5.41) is 0. The van der Waals surface area contributed by atoms with Crippen LogP contribution in [0.25, 0.3) is 0 Å². The van der Waals surface area contributed by atoms with Crippen LogP contribution in [0.4, 0.5) is 0 Å². The van der Waals surface area contributed by atoms with E-state index >= 15 is 0 Å². The van der Waals surface area contributed by atoms with Crippen LogP contribution in [0, 0.1) is 0 Å². The highest BCUT2D eigenvalue weighted by Gasteiger charge is 2.55. The molecule has 124 valence electrons. The third-order valence-corrected chi connectivity index (χ3v) is 41.2. The molecule has 0 N–H and O–H groups in total. The highest BCUT2D eigenvalue weighted by atomic mass is 28.4. The minimum atomic E-state index is -1.11. The van der Waals surface area contributed by atoms with E-state index in [2.05, 4.69) is 78.6 Å². The van der Waals surface area contributed by atoms with Gasteiger partial charge in [0.05, 0.1) is 0 Å². The van der Waals surface area contributed by atoms with E-state index in [9.17, 15) is 0 Å². The van der Waals surface area contributed by atoms with Crippen molar-refractivity contribution in [3.8, 4) is 0 Å². The summed E-state index contributed by atoms with van der Waals surface area (Å²) >= 11 is 0.636. The Morgan fingerprint density at radius 1 is 0.476 bits per heavy atom. The average molecular weight is 372 g/mol. The average Bonchev–Trinajstić information content (AvgIpc) is 2.54. The highest BCUT2D eigenvalue weighted by Crippen LogP contribution is 2.66. The van der Waals surface area contributed by atoms with Gasteiger partial charge in [0.2, 0.25) is 0 Å². The van der Waals surface area contributed by atoms with E-state index in [1.165, 1.54) is 0 Å². The molecule has 0 unspecified atom stereocenters. The second kappa shape index (κ2) is 5.46. The van der Waals surface area contributed by atoms with Crippen molar-refractivity contribution in [3.63, 3.8) is 0 Å². The van der Waals surface area contributed by atoms with Crippen molar-refractivity contribution in [2.45, 2.75) is 98.5 Å². The van der Waals surface area contributed by atoms with Gasteiger partial charge in [-0.2, -0.15) is 0 Å². The van der Waals surface area contributed by atoms with Crippen LogP contribution < -0.4 is 0 Å². The van der Waals surface area contributed by atoms with Crippen LogP contribution >= 0.6 is 0 Å². The normalized spacial score (nSPS) is 23.4. The fourth-order valence-electron chi connectivity index (χ4n) is 5.58. The molecule has 1 saturated heterocycles. The largest absolute Gasteiger partial charge is 0.255 e. The van der Waals surface area contributed by atoms with E-state index in [-0.39, 0.29) is 0 Å². The van der Waals surface area contributed by atoms with Crippen LogP contribution in [-0.2, 0) is 0 Å². The van der Waals surface area contributed by atoms with Gasteiger partial charge in [0, 0.05) is 32.3 Å². The molecule has 0 saturated carbocycles. The van der Waals surface area contributed by atoms with Crippen LogP contribution in [-0.4, -0.2) is 47.5 Å². The molecule has 1 aliphatic heterocycles. The lowest BCUT2D eigenvalue weighted by atomic mass is 10.4. The molecule has 0 aromatic rings. The van der Waals surface area contributed by atoms with Gasteiger partial charge in [-0.25, -0.2) is 7.05 Å². The Labute approximate surface area is 145 Å². The van der Waals surface area contributed by atoms with Gasteiger partial charge in [-0.05, 0) is 0 Å². The molecule has 0 aliphatic carbocycles. The van der Waals surface area contributed by atoms with E-state index in [0.717, 1.165) is 7.05 Å². The second-order valence-electron chi connectivity index (χ2n) is 11.6. The van der Waals surface area contributed by atoms with E-state index in [0.29, 0.717) is 15.2 Å². The van der Waals surface area contributed by atoms with Gasteiger partial charge in [0.1, 0.15) is 0 Å². The minimum absolute atomic E-state index is 0.636. The molecule has 0 atom stereocenters. The summed E-state index contributed by atoms with van der Waals surface area (Å²) in [6.45, 7) is 32.4. The minimum Gasteiger partial charge on any atom is -0.255 e. The SMILES string of the molecule is C[Si](C)(C)[C]1([Si](C)(C)C)CC[C]([Si](C)(C)C)([Si](C)(C)C)[Al-]1. The fourth-order valence-corrected chi connectivity index (χ4v) is 40.1. The first-order valence-electron chi connectivity index (χ1n) is 8.78. The summed E-state index contributed by atoms with van der Waals surface area (Å²) in [6, 6.07) is 0. The topological polar surface area (TPSA) is 0 Å². The maximum atomic E-state index is 2.70. The number of hydrogen-bond donors (Lipinski definition) is 0. The summed E-state index contributed by atoms with van der Waals surface area (Å²) in [4.78, 5) is 0. The quantitative estimate of drug-likeness (QED) is 0.508. The van der Waals surface area contributed by atoms with Gasteiger partial charge in [-0.3, -0.25) is 15.2 Å². The monoisotopic (exact) mass is 371 g/mol. The molecule has 2 radical (unpaired) electrons. The molecule has 0 bridgehead atoms. The molecule has 1 rings (SSSR count). The third kappa shape index (κ3) is 3.17. The Balaban J connectivity index is 3.49.